The lowest BCUT2D eigenvalue weighted by molar-refractivity contribution is 0.0283. The standard InChI is InChI=1S/C17H28N4O3S/c1-3-19-16(21-13-17(2)10-4-12-24-17)20-11-9-14-5-7-15(8-6-14)25(18,22)23/h5-8H,3-4,9-13H2,1-2H3,(H2,18,22,23)(H2,19,20,21). The smallest absolute Gasteiger partial charge is 0.238 e. The van der Waals surface area contributed by atoms with Crippen molar-refractivity contribution >= 4 is 16.0 Å². The number of nitrogens with two attached hydrogens (primary N) is 1. The van der Waals surface area contributed by atoms with Crippen molar-refractivity contribution in [2.45, 2.75) is 43.6 Å². The molecule has 0 radical (unpaired) electrons. The first-order chi connectivity index (χ1) is 11.8. The van der Waals surface area contributed by atoms with Crippen LogP contribution in [0.4, 0.5) is 0 Å². The maximum atomic E-state index is 11.3. The molecule has 8 heteroatoms. The van der Waals surface area contributed by atoms with E-state index in [2.05, 4.69) is 22.5 Å². The second kappa shape index (κ2) is 8.64. The number of aliphatic imine (C=N–C) groups is 1. The Morgan fingerprint density at radius 3 is 2.60 bits per heavy atom. The average molecular weight is 369 g/mol. The number of nitrogens with zero attached hydrogens (tertiary/aromatic N) is 1. The first-order valence-corrected chi connectivity index (χ1v) is 10.1. The number of hydrogen-bond acceptors (Lipinski definition) is 4. The van der Waals surface area contributed by atoms with Gasteiger partial charge < -0.3 is 15.4 Å². The van der Waals surface area contributed by atoms with Crippen LogP contribution in [0.2, 0.25) is 0 Å². The highest BCUT2D eigenvalue weighted by atomic mass is 32.2. The van der Waals surface area contributed by atoms with Crippen molar-refractivity contribution in [3.8, 4) is 0 Å². The number of rotatable bonds is 7. The number of hydrogen-bond donors (Lipinski definition) is 3. The molecule has 4 N–H and O–H groups in total. The lowest BCUT2D eigenvalue weighted by Crippen LogP contribution is -2.40. The van der Waals surface area contributed by atoms with Gasteiger partial charge in [0.2, 0.25) is 10.0 Å². The van der Waals surface area contributed by atoms with E-state index in [9.17, 15) is 8.42 Å². The molecule has 1 aliphatic rings. The van der Waals surface area contributed by atoms with Crippen molar-refractivity contribution in [2.24, 2.45) is 10.1 Å². The van der Waals surface area contributed by atoms with Crippen LogP contribution < -0.4 is 15.8 Å². The Balaban J connectivity index is 1.86. The van der Waals surface area contributed by atoms with E-state index in [4.69, 9.17) is 9.88 Å². The second-order valence-electron chi connectivity index (χ2n) is 6.46. The summed E-state index contributed by atoms with van der Waals surface area (Å²) < 4.78 is 28.3. The molecule has 1 unspecified atom stereocenters. The van der Waals surface area contributed by atoms with E-state index in [1.807, 2.05) is 6.92 Å². The highest BCUT2D eigenvalue weighted by molar-refractivity contribution is 7.89. The van der Waals surface area contributed by atoms with Crippen LogP contribution in [-0.2, 0) is 21.2 Å². The molecule has 0 amide bonds. The van der Waals surface area contributed by atoms with E-state index in [-0.39, 0.29) is 10.5 Å². The van der Waals surface area contributed by atoms with Crippen LogP contribution >= 0.6 is 0 Å². The van der Waals surface area contributed by atoms with Crippen molar-refractivity contribution in [3.05, 3.63) is 29.8 Å². The van der Waals surface area contributed by atoms with Crippen LogP contribution in [0.15, 0.2) is 34.2 Å². The summed E-state index contributed by atoms with van der Waals surface area (Å²) in [5.41, 5.74) is 0.869. The van der Waals surface area contributed by atoms with E-state index in [0.29, 0.717) is 13.1 Å². The fourth-order valence-corrected chi connectivity index (χ4v) is 3.24. The quantitative estimate of drug-likeness (QED) is 0.492. The Morgan fingerprint density at radius 1 is 1.32 bits per heavy atom. The number of nitrogens with one attached hydrogen (secondary N) is 2. The Morgan fingerprint density at radius 2 is 2.04 bits per heavy atom. The summed E-state index contributed by atoms with van der Waals surface area (Å²) in [6.07, 6.45) is 2.87. The molecule has 2 rings (SSSR count). The second-order valence-corrected chi connectivity index (χ2v) is 8.02. The van der Waals surface area contributed by atoms with Gasteiger partial charge in [-0.25, -0.2) is 13.6 Å². The first kappa shape index (κ1) is 19.7. The predicted octanol–water partition coefficient (Wildman–Crippen LogP) is 1.00. The Bertz CT molecular complexity index is 680. The number of ether oxygens (including phenoxy) is 1. The van der Waals surface area contributed by atoms with Gasteiger partial charge in [-0.2, -0.15) is 0 Å². The van der Waals surface area contributed by atoms with Gasteiger partial charge in [-0.1, -0.05) is 12.1 Å². The van der Waals surface area contributed by atoms with Crippen molar-refractivity contribution in [3.63, 3.8) is 0 Å². The van der Waals surface area contributed by atoms with Crippen LogP contribution in [0.5, 0.6) is 0 Å². The van der Waals surface area contributed by atoms with E-state index < -0.39 is 10.0 Å². The van der Waals surface area contributed by atoms with Crippen molar-refractivity contribution < 1.29 is 13.2 Å². The lowest BCUT2D eigenvalue weighted by atomic mass is 10.0. The molecule has 0 saturated carbocycles. The molecule has 1 heterocycles. The van der Waals surface area contributed by atoms with Crippen LogP contribution in [0, 0.1) is 0 Å². The first-order valence-electron chi connectivity index (χ1n) is 8.60. The third kappa shape index (κ3) is 6.30. The molecule has 1 aliphatic heterocycles. The molecular weight excluding hydrogens is 340 g/mol. The monoisotopic (exact) mass is 368 g/mol. The summed E-state index contributed by atoms with van der Waals surface area (Å²) in [5.74, 6) is 0.764. The van der Waals surface area contributed by atoms with Crippen LogP contribution in [0.1, 0.15) is 32.3 Å². The topological polar surface area (TPSA) is 106 Å². The molecule has 25 heavy (non-hydrogen) atoms. The van der Waals surface area contributed by atoms with E-state index >= 15 is 0 Å². The van der Waals surface area contributed by atoms with E-state index in [1.165, 1.54) is 12.1 Å². The highest BCUT2D eigenvalue weighted by Gasteiger charge is 2.29. The van der Waals surface area contributed by atoms with Crippen molar-refractivity contribution in [1.82, 2.24) is 10.6 Å². The Hall–Kier alpha value is -1.64. The van der Waals surface area contributed by atoms with Crippen LogP contribution in [-0.4, -0.2) is 46.2 Å². The van der Waals surface area contributed by atoms with E-state index in [1.54, 1.807) is 12.1 Å². The maximum absolute atomic E-state index is 11.3. The molecule has 1 aromatic carbocycles. The van der Waals surface area contributed by atoms with Gasteiger partial charge in [-0.05, 0) is 50.8 Å². The minimum Gasteiger partial charge on any atom is -0.373 e. The molecule has 0 spiro atoms. The Kier molecular flexibility index (Phi) is 6.80. The molecule has 1 fully saturated rings. The average Bonchev–Trinajstić information content (AvgIpc) is 2.99. The zero-order valence-electron chi connectivity index (χ0n) is 14.9. The van der Waals surface area contributed by atoms with Gasteiger partial charge in [0.25, 0.3) is 0 Å². The number of benzene rings is 1. The maximum Gasteiger partial charge on any atom is 0.238 e. The number of guanidine groups is 1. The third-order valence-electron chi connectivity index (χ3n) is 4.17. The molecular formula is C17H28N4O3S. The molecule has 0 aromatic heterocycles. The largest absolute Gasteiger partial charge is 0.373 e. The highest BCUT2D eigenvalue weighted by Crippen LogP contribution is 2.24. The van der Waals surface area contributed by atoms with Gasteiger partial charge >= 0.3 is 0 Å². The van der Waals surface area contributed by atoms with Crippen LogP contribution in [0.25, 0.3) is 0 Å². The van der Waals surface area contributed by atoms with Gasteiger partial charge in [-0.3, -0.25) is 4.99 Å². The summed E-state index contributed by atoms with van der Waals surface area (Å²) >= 11 is 0. The Labute approximate surface area is 150 Å². The van der Waals surface area contributed by atoms with Crippen molar-refractivity contribution in [2.75, 3.05) is 26.2 Å². The molecule has 0 bridgehead atoms. The zero-order chi connectivity index (χ0) is 18.3. The normalized spacial score (nSPS) is 21.3. The van der Waals surface area contributed by atoms with E-state index in [0.717, 1.165) is 43.9 Å². The lowest BCUT2D eigenvalue weighted by Gasteiger charge is -2.21. The van der Waals surface area contributed by atoms with Crippen molar-refractivity contribution in [1.29, 1.82) is 0 Å². The van der Waals surface area contributed by atoms with Gasteiger partial charge in [0.15, 0.2) is 5.96 Å². The fraction of sp³-hybridized carbons (Fsp3) is 0.588. The fourth-order valence-electron chi connectivity index (χ4n) is 2.72. The third-order valence-corrected chi connectivity index (χ3v) is 5.10. The SMILES string of the molecule is CCNC(=NCC1(C)CCCO1)NCCc1ccc(S(N)(=O)=O)cc1. The minimum absolute atomic E-state index is 0.129. The molecule has 0 aliphatic carbocycles. The summed E-state index contributed by atoms with van der Waals surface area (Å²) in [5, 5.41) is 11.6. The van der Waals surface area contributed by atoms with Gasteiger partial charge in [0, 0.05) is 19.7 Å². The molecule has 1 saturated heterocycles. The zero-order valence-corrected chi connectivity index (χ0v) is 15.7. The van der Waals surface area contributed by atoms with Gasteiger partial charge in [-0.15, -0.1) is 0 Å². The predicted molar refractivity (Wildman–Crippen MR) is 99.1 cm³/mol. The summed E-state index contributed by atoms with van der Waals surface area (Å²) in [6.45, 7) is 7.04. The number of primary sulfonamides is 1. The summed E-state index contributed by atoms with van der Waals surface area (Å²) in [6, 6.07) is 6.61. The molecule has 1 atom stereocenters. The minimum atomic E-state index is -3.64. The molecule has 1 aromatic rings. The van der Waals surface area contributed by atoms with Gasteiger partial charge in [0.05, 0.1) is 17.0 Å². The molecule has 140 valence electrons. The molecule has 7 nitrogen and oxygen atoms in total. The van der Waals surface area contributed by atoms with Gasteiger partial charge in [0.1, 0.15) is 0 Å². The summed E-state index contributed by atoms with van der Waals surface area (Å²) in [7, 11) is -3.64. The summed E-state index contributed by atoms with van der Waals surface area (Å²) in [4.78, 5) is 4.75. The number of sulfonamides is 1. The van der Waals surface area contributed by atoms with Crippen LogP contribution in [0.3, 0.4) is 0 Å².